The molecule has 4 atom stereocenters. The number of hydrogen-bond donors (Lipinski definition) is 1. The highest BCUT2D eigenvalue weighted by atomic mass is 35.5. The van der Waals surface area contributed by atoms with Gasteiger partial charge in [0.1, 0.15) is 6.54 Å². The molecule has 3 fully saturated rings. The number of anilines is 1. The summed E-state index contributed by atoms with van der Waals surface area (Å²) in [5.41, 5.74) is 0.611. The lowest BCUT2D eigenvalue weighted by Gasteiger charge is -2.24. The minimum Gasteiger partial charge on any atom is -0.339 e. The van der Waals surface area contributed by atoms with E-state index in [0.29, 0.717) is 43.3 Å². The van der Waals surface area contributed by atoms with Crippen LogP contribution < -0.4 is 5.32 Å². The molecule has 2 aliphatic heterocycles. The average molecular weight is 457 g/mol. The summed E-state index contributed by atoms with van der Waals surface area (Å²) in [5.74, 6) is -0.980. The monoisotopic (exact) mass is 456 g/mol. The highest BCUT2D eigenvalue weighted by Crippen LogP contribution is 2.52. The summed E-state index contributed by atoms with van der Waals surface area (Å²) < 4.78 is 0. The lowest BCUT2D eigenvalue weighted by Crippen LogP contribution is -2.45. The van der Waals surface area contributed by atoms with Crippen LogP contribution in [-0.2, 0) is 14.4 Å². The van der Waals surface area contributed by atoms with E-state index in [1.165, 1.54) is 4.90 Å². The molecule has 1 saturated carbocycles. The van der Waals surface area contributed by atoms with Crippen molar-refractivity contribution in [3.8, 4) is 0 Å². The zero-order valence-electron chi connectivity index (χ0n) is 17.6. The predicted octanol–water partition coefficient (Wildman–Crippen LogP) is 2.21. The lowest BCUT2D eigenvalue weighted by molar-refractivity contribution is -0.147. The van der Waals surface area contributed by atoms with Crippen molar-refractivity contribution in [2.75, 3.05) is 38.0 Å². The van der Waals surface area contributed by atoms with E-state index in [2.05, 4.69) is 5.32 Å². The highest BCUT2D eigenvalue weighted by Gasteiger charge is 2.59. The second kappa shape index (κ2) is 8.24. The molecule has 0 aromatic heterocycles. The zero-order valence-corrected chi connectivity index (χ0v) is 18.3. The van der Waals surface area contributed by atoms with Crippen LogP contribution in [-0.4, -0.2) is 71.2 Å². The Morgan fingerprint density at radius 3 is 2.31 bits per heavy atom. The van der Waals surface area contributed by atoms with Crippen molar-refractivity contribution in [2.45, 2.75) is 12.8 Å². The minimum absolute atomic E-state index is 0.131. The lowest BCUT2D eigenvalue weighted by atomic mass is 9.85. The molecule has 0 radical (unpaired) electrons. The number of rotatable bonds is 3. The molecule has 1 N–H and O–H groups in total. The second-order valence-corrected chi connectivity index (χ2v) is 9.36. The third kappa shape index (κ3) is 3.66. The smallest absolute Gasteiger partial charge is 0.321 e. The fraction of sp³-hybridized carbons (Fsp3) is 0.478. The molecule has 9 heteroatoms. The summed E-state index contributed by atoms with van der Waals surface area (Å²) in [5, 5.41) is 3.36. The number of benzene rings is 1. The fourth-order valence-electron chi connectivity index (χ4n) is 5.49. The first-order valence-electron chi connectivity index (χ1n) is 11.0. The number of carbonyl (C=O) groups excluding carboxylic acids is 4. The van der Waals surface area contributed by atoms with Gasteiger partial charge in [-0.2, -0.15) is 0 Å². The predicted molar refractivity (Wildman–Crippen MR) is 118 cm³/mol. The Morgan fingerprint density at radius 2 is 1.62 bits per heavy atom. The van der Waals surface area contributed by atoms with Crippen molar-refractivity contribution in [1.29, 1.82) is 0 Å². The first kappa shape index (κ1) is 21.0. The molecule has 4 unspecified atom stereocenters. The molecule has 2 bridgehead atoms. The van der Waals surface area contributed by atoms with Crippen molar-refractivity contribution in [3.05, 3.63) is 41.4 Å². The molecule has 32 heavy (non-hydrogen) atoms. The molecule has 4 aliphatic rings. The van der Waals surface area contributed by atoms with Crippen molar-refractivity contribution in [2.24, 2.45) is 23.7 Å². The van der Waals surface area contributed by atoms with Crippen LogP contribution in [0.25, 0.3) is 0 Å². The van der Waals surface area contributed by atoms with Crippen LogP contribution >= 0.6 is 11.6 Å². The van der Waals surface area contributed by atoms with E-state index in [0.717, 1.165) is 6.42 Å². The second-order valence-electron chi connectivity index (χ2n) is 8.92. The molecule has 8 nitrogen and oxygen atoms in total. The summed E-state index contributed by atoms with van der Waals surface area (Å²) in [6.07, 6.45) is 5.57. The van der Waals surface area contributed by atoms with Crippen LogP contribution in [0.4, 0.5) is 10.5 Å². The first-order chi connectivity index (χ1) is 15.4. The number of allylic oxidation sites excluding steroid dienone is 2. The maximum atomic E-state index is 12.9. The molecule has 0 spiro atoms. The number of imide groups is 1. The number of fused-ring (bicyclic) bond motifs is 5. The third-order valence-corrected chi connectivity index (χ3v) is 7.30. The van der Waals surface area contributed by atoms with Gasteiger partial charge in [0.25, 0.3) is 0 Å². The Balaban J connectivity index is 1.17. The Hall–Kier alpha value is -2.87. The van der Waals surface area contributed by atoms with E-state index >= 15 is 0 Å². The van der Waals surface area contributed by atoms with Gasteiger partial charge in [0.05, 0.1) is 11.8 Å². The molecule has 2 saturated heterocycles. The Bertz CT molecular complexity index is 981. The van der Waals surface area contributed by atoms with Crippen LogP contribution in [0.2, 0.25) is 5.02 Å². The molecule has 168 valence electrons. The summed E-state index contributed by atoms with van der Waals surface area (Å²) in [6, 6.07) is 6.68. The van der Waals surface area contributed by atoms with Crippen molar-refractivity contribution >= 4 is 41.0 Å². The van der Waals surface area contributed by atoms with Gasteiger partial charge in [-0.3, -0.25) is 19.3 Å². The number of urea groups is 1. The number of carbonyl (C=O) groups is 4. The number of likely N-dealkylation sites (tertiary alicyclic amines) is 1. The number of nitrogens with zero attached hydrogens (tertiary/aromatic N) is 3. The topological polar surface area (TPSA) is 90.0 Å². The highest BCUT2D eigenvalue weighted by molar-refractivity contribution is 6.30. The number of nitrogens with one attached hydrogen (secondary N) is 1. The molecule has 2 heterocycles. The van der Waals surface area contributed by atoms with Crippen LogP contribution in [0.1, 0.15) is 12.8 Å². The van der Waals surface area contributed by atoms with Gasteiger partial charge < -0.3 is 15.1 Å². The van der Waals surface area contributed by atoms with Crippen molar-refractivity contribution in [1.82, 2.24) is 14.7 Å². The van der Waals surface area contributed by atoms with Crippen molar-refractivity contribution < 1.29 is 19.2 Å². The van der Waals surface area contributed by atoms with Crippen LogP contribution in [0.5, 0.6) is 0 Å². The Morgan fingerprint density at radius 1 is 0.969 bits per heavy atom. The summed E-state index contributed by atoms with van der Waals surface area (Å²) >= 11 is 5.97. The number of halogens is 1. The standard InChI is InChI=1S/C23H25ClN4O4/c24-16-3-1-4-17(12-16)25-23(32)27-8-2-7-26(9-10-27)18(29)13-28-21(30)19-14-5-6-15(11-14)20(19)22(28)31/h1,3-6,12,14-15,19-20H,2,7-11,13H2,(H,25,32). The first-order valence-corrected chi connectivity index (χ1v) is 11.4. The molecule has 5 rings (SSSR count). The van der Waals surface area contributed by atoms with Gasteiger partial charge in [0, 0.05) is 36.9 Å². The fourth-order valence-corrected chi connectivity index (χ4v) is 5.68. The molecule has 1 aromatic rings. The van der Waals surface area contributed by atoms with Gasteiger partial charge in [-0.1, -0.05) is 29.8 Å². The van der Waals surface area contributed by atoms with Gasteiger partial charge in [0.15, 0.2) is 0 Å². The van der Waals surface area contributed by atoms with Gasteiger partial charge in [-0.25, -0.2) is 4.79 Å². The largest absolute Gasteiger partial charge is 0.339 e. The van der Waals surface area contributed by atoms with Gasteiger partial charge in [-0.05, 0) is 42.9 Å². The molecular formula is C23H25ClN4O4. The molecule has 1 aromatic carbocycles. The maximum Gasteiger partial charge on any atom is 0.321 e. The quantitative estimate of drug-likeness (QED) is 0.557. The Labute approximate surface area is 191 Å². The molecular weight excluding hydrogens is 432 g/mol. The molecule has 2 aliphatic carbocycles. The average Bonchev–Trinajstić information content (AvgIpc) is 3.37. The van der Waals surface area contributed by atoms with Gasteiger partial charge >= 0.3 is 6.03 Å². The van der Waals surface area contributed by atoms with E-state index in [9.17, 15) is 19.2 Å². The zero-order chi connectivity index (χ0) is 22.4. The van der Waals surface area contributed by atoms with E-state index in [1.807, 2.05) is 12.2 Å². The summed E-state index contributed by atoms with van der Waals surface area (Å²) in [7, 11) is 0. The van der Waals surface area contributed by atoms with Gasteiger partial charge in [0.2, 0.25) is 17.7 Å². The number of hydrogen-bond acceptors (Lipinski definition) is 4. The van der Waals surface area contributed by atoms with E-state index in [-0.39, 0.29) is 54.0 Å². The van der Waals surface area contributed by atoms with E-state index in [1.54, 1.807) is 34.1 Å². The number of amides is 5. The maximum absolute atomic E-state index is 12.9. The van der Waals surface area contributed by atoms with Crippen LogP contribution in [0.15, 0.2) is 36.4 Å². The SMILES string of the molecule is O=C(CN1C(=O)C2C3C=CC(C3)C2C1=O)N1CCCN(C(=O)Nc2cccc(Cl)c2)CC1. The van der Waals surface area contributed by atoms with E-state index in [4.69, 9.17) is 11.6 Å². The van der Waals surface area contributed by atoms with Crippen molar-refractivity contribution in [3.63, 3.8) is 0 Å². The van der Waals surface area contributed by atoms with E-state index < -0.39 is 0 Å². The molecule has 5 amide bonds. The summed E-state index contributed by atoms with van der Waals surface area (Å²) in [6.45, 7) is 1.52. The summed E-state index contributed by atoms with van der Waals surface area (Å²) in [4.78, 5) is 55.7. The van der Waals surface area contributed by atoms with Gasteiger partial charge in [-0.15, -0.1) is 0 Å². The Kier molecular flexibility index (Phi) is 5.41. The normalized spacial score (nSPS) is 28.8. The van der Waals surface area contributed by atoms with Crippen LogP contribution in [0, 0.1) is 23.7 Å². The van der Waals surface area contributed by atoms with Crippen LogP contribution in [0.3, 0.4) is 0 Å². The third-order valence-electron chi connectivity index (χ3n) is 7.07. The minimum atomic E-state index is -0.292.